The minimum atomic E-state index is 0.945. The van der Waals surface area contributed by atoms with Crippen LogP contribution in [0.1, 0.15) is 23.0 Å². The number of hydrogen-bond acceptors (Lipinski definition) is 1. The van der Waals surface area contributed by atoms with Crippen molar-refractivity contribution in [1.29, 1.82) is 0 Å². The van der Waals surface area contributed by atoms with Crippen LogP contribution in [0.5, 0.6) is 5.75 Å². The Kier molecular flexibility index (Phi) is 0.843. The molecule has 0 N–H and O–H groups in total. The summed E-state index contributed by atoms with van der Waals surface area (Å²) in [6.45, 7) is 0. The molecule has 0 heterocycles. The normalized spacial score (nSPS) is 59.6. The third kappa shape index (κ3) is 0.489. The van der Waals surface area contributed by atoms with Gasteiger partial charge in [-0.2, -0.15) is 0 Å². The van der Waals surface area contributed by atoms with Gasteiger partial charge in [-0.15, -0.1) is 0 Å². The molecule has 1 nitrogen and oxygen atoms in total. The maximum absolute atomic E-state index is 5.39. The van der Waals surface area contributed by atoms with Crippen LogP contribution in [0.2, 0.25) is 0 Å². The summed E-state index contributed by atoms with van der Waals surface area (Å²) < 4.78 is 5.39. The molecule has 1 aromatic rings. The lowest BCUT2D eigenvalue weighted by Gasteiger charge is -2.37. The second kappa shape index (κ2) is 1.83. The van der Waals surface area contributed by atoms with Crippen molar-refractivity contribution >= 4 is 0 Å². The van der Waals surface area contributed by atoms with Crippen LogP contribution in [0, 0.1) is 35.5 Å². The van der Waals surface area contributed by atoms with E-state index in [2.05, 4.69) is 18.2 Å². The Labute approximate surface area is 94.8 Å². The molecule has 0 radical (unpaired) electrons. The highest BCUT2D eigenvalue weighted by molar-refractivity contribution is 5.56. The van der Waals surface area contributed by atoms with Gasteiger partial charge in [-0.1, -0.05) is 6.07 Å². The molecule has 0 saturated heterocycles. The Morgan fingerprint density at radius 1 is 0.812 bits per heavy atom. The summed E-state index contributed by atoms with van der Waals surface area (Å²) in [4.78, 5) is 0. The molecule has 4 saturated carbocycles. The van der Waals surface area contributed by atoms with Gasteiger partial charge in [0.15, 0.2) is 0 Å². The predicted octanol–water partition coefficient (Wildman–Crippen LogP) is 2.63. The molecule has 4 fully saturated rings. The van der Waals surface area contributed by atoms with E-state index in [1.165, 1.54) is 0 Å². The average Bonchev–Trinajstić information content (AvgIpc) is 3.17. The van der Waals surface area contributed by atoms with Crippen molar-refractivity contribution in [1.82, 2.24) is 0 Å². The fraction of sp³-hybridized carbons (Fsp3) is 0.600. The van der Waals surface area contributed by atoms with Crippen LogP contribution >= 0.6 is 0 Å². The van der Waals surface area contributed by atoms with E-state index in [0.717, 1.165) is 53.1 Å². The topological polar surface area (TPSA) is 9.23 Å². The molecular formula is C15H14O. The number of ether oxygens (including phenoxy) is 1. The first-order valence-electron chi connectivity index (χ1n) is 6.59. The zero-order chi connectivity index (χ0) is 10.2. The highest BCUT2D eigenvalue weighted by Gasteiger charge is 2.88. The van der Waals surface area contributed by atoms with Crippen molar-refractivity contribution in [3.05, 3.63) is 29.3 Å². The van der Waals surface area contributed by atoms with E-state index in [1.54, 1.807) is 18.2 Å². The van der Waals surface area contributed by atoms with Gasteiger partial charge in [-0.3, -0.25) is 0 Å². The van der Waals surface area contributed by atoms with Gasteiger partial charge in [0.2, 0.25) is 0 Å². The van der Waals surface area contributed by atoms with Crippen LogP contribution in [-0.2, 0) is 0 Å². The van der Waals surface area contributed by atoms with E-state index in [1.807, 2.05) is 0 Å². The first-order chi connectivity index (χ1) is 7.92. The smallest absolute Gasteiger partial charge is 0.119 e. The monoisotopic (exact) mass is 210 g/mol. The van der Waals surface area contributed by atoms with E-state index in [4.69, 9.17) is 4.74 Å². The Bertz CT molecular complexity index is 526. The number of benzene rings is 1. The summed E-state index contributed by atoms with van der Waals surface area (Å²) in [6, 6.07) is 6.88. The first kappa shape index (κ1) is 7.37. The lowest BCUT2D eigenvalue weighted by Crippen LogP contribution is -2.26. The Morgan fingerprint density at radius 3 is 2.06 bits per heavy atom. The molecule has 2 unspecified atom stereocenters. The van der Waals surface area contributed by atoms with Crippen LogP contribution < -0.4 is 4.74 Å². The molecule has 0 aliphatic heterocycles. The summed E-state index contributed by atoms with van der Waals surface area (Å²) in [7, 11) is 1.79. The molecule has 0 amide bonds. The molecule has 1 aromatic carbocycles. The lowest BCUT2D eigenvalue weighted by atomic mass is 9.67. The first-order valence-corrected chi connectivity index (χ1v) is 6.59. The lowest BCUT2D eigenvalue weighted by molar-refractivity contribution is 0.317. The SMILES string of the molecule is COc1ccc2c(c1)C1[C@@H]3[C@H]4C2[C@H]2[C@@H]1[C@@H]2[C@@H]34. The van der Waals surface area contributed by atoms with Gasteiger partial charge in [0, 0.05) is 0 Å². The van der Waals surface area contributed by atoms with Crippen molar-refractivity contribution in [3.63, 3.8) is 0 Å². The van der Waals surface area contributed by atoms with Crippen molar-refractivity contribution in [3.8, 4) is 5.75 Å². The minimum Gasteiger partial charge on any atom is -0.497 e. The molecule has 6 aliphatic carbocycles. The molecule has 2 bridgehead atoms. The van der Waals surface area contributed by atoms with Crippen LogP contribution in [-0.4, -0.2) is 7.11 Å². The van der Waals surface area contributed by atoms with Crippen LogP contribution in [0.3, 0.4) is 0 Å². The third-order valence-corrected chi connectivity index (χ3v) is 6.50. The molecule has 0 spiro atoms. The fourth-order valence-corrected chi connectivity index (χ4v) is 6.33. The summed E-state index contributed by atoms with van der Waals surface area (Å²) >= 11 is 0. The number of rotatable bonds is 1. The van der Waals surface area contributed by atoms with E-state index >= 15 is 0 Å². The Balaban J connectivity index is 1.67. The van der Waals surface area contributed by atoms with Gasteiger partial charge in [-0.05, 0) is 70.6 Å². The molecule has 0 aromatic heterocycles. The van der Waals surface area contributed by atoms with E-state index in [9.17, 15) is 0 Å². The molecule has 7 rings (SSSR count). The second-order valence-corrected chi connectivity index (χ2v) is 6.51. The largest absolute Gasteiger partial charge is 0.497 e. The number of hydrogen-bond donors (Lipinski definition) is 0. The van der Waals surface area contributed by atoms with Crippen LogP contribution in [0.25, 0.3) is 0 Å². The van der Waals surface area contributed by atoms with Gasteiger partial charge < -0.3 is 4.74 Å². The highest BCUT2D eigenvalue weighted by Crippen LogP contribution is 2.94. The van der Waals surface area contributed by atoms with Gasteiger partial charge in [-0.25, -0.2) is 0 Å². The zero-order valence-electron chi connectivity index (χ0n) is 9.26. The molecule has 8 atom stereocenters. The molecule has 16 heavy (non-hydrogen) atoms. The van der Waals surface area contributed by atoms with E-state index in [0.29, 0.717) is 0 Å². The van der Waals surface area contributed by atoms with Gasteiger partial charge >= 0.3 is 0 Å². The summed E-state index contributed by atoms with van der Waals surface area (Å²) in [6.07, 6.45) is 0. The van der Waals surface area contributed by atoms with Crippen molar-refractivity contribution in [2.45, 2.75) is 11.8 Å². The maximum atomic E-state index is 5.39. The second-order valence-electron chi connectivity index (χ2n) is 6.51. The fourth-order valence-electron chi connectivity index (χ4n) is 6.33. The molecule has 6 aliphatic rings. The van der Waals surface area contributed by atoms with E-state index in [-0.39, 0.29) is 0 Å². The zero-order valence-corrected chi connectivity index (χ0v) is 9.26. The van der Waals surface area contributed by atoms with Gasteiger partial charge in [0.05, 0.1) is 7.11 Å². The Hall–Kier alpha value is -0.980. The summed E-state index contributed by atoms with van der Waals surface area (Å²) in [5.41, 5.74) is 3.38. The van der Waals surface area contributed by atoms with Crippen LogP contribution in [0.15, 0.2) is 18.2 Å². The highest BCUT2D eigenvalue weighted by atomic mass is 16.5. The molecule has 1 heteroatoms. The van der Waals surface area contributed by atoms with Crippen molar-refractivity contribution in [2.24, 2.45) is 35.5 Å². The number of methoxy groups -OCH3 is 1. The average molecular weight is 210 g/mol. The van der Waals surface area contributed by atoms with Crippen molar-refractivity contribution in [2.75, 3.05) is 7.11 Å². The minimum absolute atomic E-state index is 0.945. The maximum Gasteiger partial charge on any atom is 0.119 e. The standard InChI is InChI=1S/C15H14O/c1-16-5-2-3-6-7(4-5)9-12-10-8(6)11-13(9)15(11)14(10)12/h2-4,8-15H,1H3/t8?,9?,10-,11+,12-,13-,14-,15-/m1/s1. The van der Waals surface area contributed by atoms with Crippen molar-refractivity contribution < 1.29 is 4.74 Å². The van der Waals surface area contributed by atoms with Gasteiger partial charge in [0.1, 0.15) is 5.75 Å². The summed E-state index contributed by atoms with van der Waals surface area (Å²) in [5, 5.41) is 0. The summed E-state index contributed by atoms with van der Waals surface area (Å²) in [5.74, 6) is 9.73. The van der Waals surface area contributed by atoms with Gasteiger partial charge in [0.25, 0.3) is 0 Å². The van der Waals surface area contributed by atoms with E-state index < -0.39 is 0 Å². The van der Waals surface area contributed by atoms with Crippen LogP contribution in [0.4, 0.5) is 0 Å². The predicted molar refractivity (Wildman–Crippen MR) is 59.4 cm³/mol. The molecule has 80 valence electrons. The Morgan fingerprint density at radius 2 is 1.44 bits per heavy atom. The quantitative estimate of drug-likeness (QED) is 0.692. The molecular weight excluding hydrogens is 196 g/mol. The third-order valence-electron chi connectivity index (χ3n) is 6.50.